The molecule has 1 saturated carbocycles. The lowest BCUT2D eigenvalue weighted by atomic mass is 9.58. The molecule has 0 radical (unpaired) electrons. The van der Waals surface area contributed by atoms with Crippen LogP contribution in [0.15, 0.2) is 11.6 Å². The highest BCUT2D eigenvalue weighted by molar-refractivity contribution is 5.12. The third-order valence-electron chi connectivity index (χ3n) is 5.49. The predicted octanol–water partition coefficient (Wildman–Crippen LogP) is 4.17. The lowest BCUT2D eigenvalue weighted by Crippen LogP contribution is -2.46. The summed E-state index contributed by atoms with van der Waals surface area (Å²) in [6, 6.07) is 0. The third kappa shape index (κ3) is 2.45. The maximum atomic E-state index is 10.6. The van der Waals surface area contributed by atoms with E-state index in [4.69, 9.17) is 0 Å². The molecule has 1 nitrogen and oxygen atoms in total. The highest BCUT2D eigenvalue weighted by atomic mass is 16.3. The van der Waals surface area contributed by atoms with Gasteiger partial charge in [0.25, 0.3) is 0 Å². The van der Waals surface area contributed by atoms with Gasteiger partial charge in [-0.1, -0.05) is 31.9 Å². The molecule has 0 bridgehead atoms. The van der Waals surface area contributed by atoms with Crippen molar-refractivity contribution in [1.29, 1.82) is 0 Å². The van der Waals surface area contributed by atoms with Gasteiger partial charge in [0.05, 0.1) is 5.60 Å². The van der Waals surface area contributed by atoms with Crippen LogP contribution in [0.4, 0.5) is 0 Å². The van der Waals surface area contributed by atoms with Gasteiger partial charge in [-0.05, 0) is 63.2 Å². The van der Waals surface area contributed by atoms with Crippen LogP contribution in [-0.2, 0) is 0 Å². The van der Waals surface area contributed by atoms with Gasteiger partial charge in [-0.25, -0.2) is 0 Å². The van der Waals surface area contributed by atoms with E-state index in [0.29, 0.717) is 11.8 Å². The van der Waals surface area contributed by atoms with Crippen molar-refractivity contribution in [3.63, 3.8) is 0 Å². The molecule has 1 fully saturated rings. The summed E-state index contributed by atoms with van der Waals surface area (Å²) in [6.07, 6.45) is 8.47. The van der Waals surface area contributed by atoms with E-state index in [9.17, 15) is 5.11 Å². The molecule has 5 atom stereocenters. The van der Waals surface area contributed by atoms with Crippen molar-refractivity contribution in [2.45, 2.75) is 65.4 Å². The molecule has 2 aliphatic carbocycles. The molecule has 17 heavy (non-hydrogen) atoms. The molecular formula is C16H28O. The minimum atomic E-state index is -0.475. The second-order valence-corrected chi connectivity index (χ2v) is 6.66. The Balaban J connectivity index is 2.26. The molecule has 0 spiro atoms. The molecule has 0 aromatic heterocycles. The Morgan fingerprint density at radius 1 is 1.35 bits per heavy atom. The topological polar surface area (TPSA) is 20.2 Å². The first-order valence-electron chi connectivity index (χ1n) is 7.35. The zero-order valence-corrected chi connectivity index (χ0v) is 11.9. The van der Waals surface area contributed by atoms with Gasteiger partial charge < -0.3 is 5.11 Å². The van der Waals surface area contributed by atoms with E-state index >= 15 is 0 Å². The quantitative estimate of drug-likeness (QED) is 0.714. The van der Waals surface area contributed by atoms with Crippen LogP contribution in [0.3, 0.4) is 0 Å². The summed E-state index contributed by atoms with van der Waals surface area (Å²) in [4.78, 5) is 0. The Bertz CT molecular complexity index is 303. The van der Waals surface area contributed by atoms with E-state index < -0.39 is 5.60 Å². The maximum Gasteiger partial charge on any atom is 0.0650 e. The van der Waals surface area contributed by atoms with Crippen LogP contribution in [0, 0.1) is 23.7 Å². The molecule has 1 unspecified atom stereocenters. The zero-order valence-electron chi connectivity index (χ0n) is 11.9. The number of allylic oxidation sites excluding steroid dienone is 2. The largest absolute Gasteiger partial charge is 0.390 e. The van der Waals surface area contributed by atoms with Crippen molar-refractivity contribution in [2.24, 2.45) is 23.7 Å². The summed E-state index contributed by atoms with van der Waals surface area (Å²) in [6.45, 7) is 8.82. The van der Waals surface area contributed by atoms with E-state index in [-0.39, 0.29) is 0 Å². The lowest BCUT2D eigenvalue weighted by molar-refractivity contribution is -0.0619. The van der Waals surface area contributed by atoms with Gasteiger partial charge >= 0.3 is 0 Å². The third-order valence-corrected chi connectivity index (χ3v) is 5.49. The van der Waals surface area contributed by atoms with Crippen molar-refractivity contribution in [1.82, 2.24) is 0 Å². The first-order chi connectivity index (χ1) is 7.95. The average Bonchev–Trinajstić information content (AvgIpc) is 2.29. The average molecular weight is 236 g/mol. The summed E-state index contributed by atoms with van der Waals surface area (Å²) in [5.41, 5.74) is 1.06. The van der Waals surface area contributed by atoms with E-state index in [0.717, 1.165) is 18.3 Å². The number of fused-ring (bicyclic) bond motifs is 1. The minimum Gasteiger partial charge on any atom is -0.390 e. The SMILES string of the molecule is CCC(C)(O)[C@H]1CC[C@H](C)[C@H]2CCC(C)=C[C@H]21. The van der Waals surface area contributed by atoms with Crippen molar-refractivity contribution in [3.8, 4) is 0 Å². The van der Waals surface area contributed by atoms with E-state index in [1.807, 2.05) is 6.92 Å². The van der Waals surface area contributed by atoms with Crippen LogP contribution in [0.1, 0.15) is 59.8 Å². The normalized spacial score (nSPS) is 41.4. The molecular weight excluding hydrogens is 208 g/mol. The summed E-state index contributed by atoms with van der Waals surface area (Å²) in [5, 5.41) is 10.6. The Morgan fingerprint density at radius 3 is 2.71 bits per heavy atom. The fourth-order valence-electron chi connectivity index (χ4n) is 4.04. The van der Waals surface area contributed by atoms with Crippen LogP contribution < -0.4 is 0 Å². The molecule has 1 heteroatoms. The highest BCUT2D eigenvalue weighted by Crippen LogP contribution is 2.49. The second kappa shape index (κ2) is 4.76. The molecule has 98 valence electrons. The zero-order chi connectivity index (χ0) is 12.6. The Morgan fingerprint density at radius 2 is 2.06 bits per heavy atom. The molecule has 0 aromatic carbocycles. The van der Waals surface area contributed by atoms with Crippen molar-refractivity contribution < 1.29 is 5.11 Å². The van der Waals surface area contributed by atoms with E-state index in [1.54, 1.807) is 0 Å². The number of aliphatic hydroxyl groups is 1. The van der Waals surface area contributed by atoms with Gasteiger partial charge in [-0.3, -0.25) is 0 Å². The first-order valence-corrected chi connectivity index (χ1v) is 7.35. The van der Waals surface area contributed by atoms with Gasteiger partial charge in [-0.2, -0.15) is 0 Å². The summed E-state index contributed by atoms with van der Waals surface area (Å²) >= 11 is 0. The van der Waals surface area contributed by atoms with Gasteiger partial charge in [0.1, 0.15) is 0 Å². The monoisotopic (exact) mass is 236 g/mol. The molecule has 2 rings (SSSR count). The van der Waals surface area contributed by atoms with E-state index in [2.05, 4.69) is 26.8 Å². The molecule has 1 N–H and O–H groups in total. The molecule has 0 aromatic rings. The van der Waals surface area contributed by atoms with Gasteiger partial charge in [-0.15, -0.1) is 0 Å². The Kier molecular flexibility index (Phi) is 3.68. The van der Waals surface area contributed by atoms with E-state index in [1.165, 1.54) is 31.3 Å². The number of hydrogen-bond acceptors (Lipinski definition) is 1. The van der Waals surface area contributed by atoms with Crippen molar-refractivity contribution in [2.75, 3.05) is 0 Å². The van der Waals surface area contributed by atoms with Crippen LogP contribution in [-0.4, -0.2) is 10.7 Å². The van der Waals surface area contributed by atoms with Crippen molar-refractivity contribution in [3.05, 3.63) is 11.6 Å². The van der Waals surface area contributed by atoms with Crippen LogP contribution in [0.5, 0.6) is 0 Å². The number of rotatable bonds is 2. The Hall–Kier alpha value is -0.300. The number of hydrogen-bond donors (Lipinski definition) is 1. The van der Waals surface area contributed by atoms with Crippen molar-refractivity contribution >= 4 is 0 Å². The summed E-state index contributed by atoms with van der Waals surface area (Å²) in [5.74, 6) is 2.76. The lowest BCUT2D eigenvalue weighted by Gasteiger charge is -2.48. The van der Waals surface area contributed by atoms with Crippen LogP contribution >= 0.6 is 0 Å². The van der Waals surface area contributed by atoms with Gasteiger partial charge in [0, 0.05) is 0 Å². The fourth-order valence-corrected chi connectivity index (χ4v) is 4.04. The molecule has 0 saturated heterocycles. The second-order valence-electron chi connectivity index (χ2n) is 6.66. The summed E-state index contributed by atoms with van der Waals surface area (Å²) in [7, 11) is 0. The fraction of sp³-hybridized carbons (Fsp3) is 0.875. The maximum absolute atomic E-state index is 10.6. The van der Waals surface area contributed by atoms with Gasteiger partial charge in [0.15, 0.2) is 0 Å². The molecule has 2 aliphatic rings. The van der Waals surface area contributed by atoms with Crippen LogP contribution in [0.25, 0.3) is 0 Å². The first kappa shape index (κ1) is 13.1. The Labute approximate surface area is 106 Å². The molecule has 0 aliphatic heterocycles. The predicted molar refractivity (Wildman–Crippen MR) is 72.8 cm³/mol. The minimum absolute atomic E-state index is 0.475. The standard InChI is InChI=1S/C16H28O/c1-5-16(4,17)15-9-7-12(3)13-8-6-11(2)10-14(13)15/h10,12-15,17H,5-9H2,1-4H3/t12-,13+,14+,15-,16?/m0/s1. The van der Waals surface area contributed by atoms with Gasteiger partial charge in [0.2, 0.25) is 0 Å². The highest BCUT2D eigenvalue weighted by Gasteiger charge is 2.44. The molecule has 0 heterocycles. The summed E-state index contributed by atoms with van der Waals surface area (Å²) < 4.78 is 0. The smallest absolute Gasteiger partial charge is 0.0650 e. The molecule has 0 amide bonds. The van der Waals surface area contributed by atoms with Crippen LogP contribution in [0.2, 0.25) is 0 Å².